The SMILES string of the molecule is CC(=O)NCCCc1ccc(-c2csc(-c3sccc3C)n2)cc1. The molecule has 0 bridgehead atoms. The van der Waals surface area contributed by atoms with E-state index in [4.69, 9.17) is 4.98 Å². The molecule has 5 heteroatoms. The zero-order valence-corrected chi connectivity index (χ0v) is 15.5. The molecule has 3 aromatic rings. The van der Waals surface area contributed by atoms with Gasteiger partial charge >= 0.3 is 0 Å². The molecule has 0 saturated heterocycles. The number of carbonyl (C=O) groups excluding carboxylic acids is 1. The summed E-state index contributed by atoms with van der Waals surface area (Å²) >= 11 is 3.44. The van der Waals surface area contributed by atoms with Crippen LogP contribution in [0, 0.1) is 6.92 Å². The van der Waals surface area contributed by atoms with Gasteiger partial charge in [-0.1, -0.05) is 24.3 Å². The van der Waals surface area contributed by atoms with Gasteiger partial charge in [0, 0.05) is 24.4 Å². The summed E-state index contributed by atoms with van der Waals surface area (Å²) < 4.78 is 0. The summed E-state index contributed by atoms with van der Waals surface area (Å²) in [6, 6.07) is 10.7. The van der Waals surface area contributed by atoms with E-state index in [2.05, 4.69) is 53.3 Å². The highest BCUT2D eigenvalue weighted by Crippen LogP contribution is 2.34. The number of hydrogen-bond acceptors (Lipinski definition) is 4. The molecule has 0 fully saturated rings. The van der Waals surface area contributed by atoms with Crippen molar-refractivity contribution in [3.8, 4) is 21.1 Å². The standard InChI is InChI=1S/C19H20N2OS2/c1-13-9-11-23-18(13)19-21-17(12-24-19)16-7-5-15(6-8-16)4-3-10-20-14(2)22/h5-9,11-12H,3-4,10H2,1-2H3,(H,20,22). The number of aryl methyl sites for hydroxylation is 2. The number of nitrogens with zero attached hydrogens (tertiary/aromatic N) is 1. The maximum Gasteiger partial charge on any atom is 0.216 e. The average molecular weight is 357 g/mol. The van der Waals surface area contributed by atoms with E-state index in [1.54, 1.807) is 29.6 Å². The van der Waals surface area contributed by atoms with Crippen LogP contribution < -0.4 is 5.32 Å². The summed E-state index contributed by atoms with van der Waals surface area (Å²) in [6.45, 7) is 4.41. The summed E-state index contributed by atoms with van der Waals surface area (Å²) in [5.74, 6) is 0.0330. The van der Waals surface area contributed by atoms with Crippen molar-refractivity contribution >= 4 is 28.6 Å². The summed E-state index contributed by atoms with van der Waals surface area (Å²) in [5.41, 5.74) is 4.76. The lowest BCUT2D eigenvalue weighted by Gasteiger charge is -2.04. The number of thiazole rings is 1. The van der Waals surface area contributed by atoms with E-state index < -0.39 is 0 Å². The predicted octanol–water partition coefficient (Wildman–Crippen LogP) is 4.92. The van der Waals surface area contributed by atoms with E-state index in [0.29, 0.717) is 0 Å². The van der Waals surface area contributed by atoms with Crippen molar-refractivity contribution in [3.05, 3.63) is 52.2 Å². The maximum atomic E-state index is 10.8. The first-order chi connectivity index (χ1) is 11.6. The largest absolute Gasteiger partial charge is 0.356 e. The quantitative estimate of drug-likeness (QED) is 0.637. The number of benzene rings is 1. The Hall–Kier alpha value is -1.98. The number of rotatable bonds is 6. The lowest BCUT2D eigenvalue weighted by molar-refractivity contribution is -0.118. The average Bonchev–Trinajstić information content (AvgIpc) is 3.20. The third kappa shape index (κ3) is 4.10. The second-order valence-electron chi connectivity index (χ2n) is 5.75. The second-order valence-corrected chi connectivity index (χ2v) is 7.53. The van der Waals surface area contributed by atoms with Crippen molar-refractivity contribution in [1.82, 2.24) is 10.3 Å². The zero-order chi connectivity index (χ0) is 16.9. The first-order valence-electron chi connectivity index (χ1n) is 7.97. The van der Waals surface area contributed by atoms with Gasteiger partial charge < -0.3 is 5.32 Å². The van der Waals surface area contributed by atoms with Crippen molar-refractivity contribution in [3.63, 3.8) is 0 Å². The summed E-state index contributed by atoms with van der Waals surface area (Å²) in [4.78, 5) is 16.9. The Labute approximate surface area is 150 Å². The van der Waals surface area contributed by atoms with Crippen LogP contribution in [0.15, 0.2) is 41.1 Å². The van der Waals surface area contributed by atoms with E-state index >= 15 is 0 Å². The minimum Gasteiger partial charge on any atom is -0.356 e. The number of thiophene rings is 1. The third-order valence-corrected chi connectivity index (χ3v) is 5.84. The normalized spacial score (nSPS) is 10.8. The first kappa shape index (κ1) is 16.9. The minimum absolute atomic E-state index is 0.0330. The number of aromatic nitrogens is 1. The Morgan fingerprint density at radius 1 is 1.17 bits per heavy atom. The minimum atomic E-state index is 0.0330. The molecule has 1 amide bonds. The number of carbonyl (C=O) groups is 1. The lowest BCUT2D eigenvalue weighted by atomic mass is 10.1. The number of nitrogens with one attached hydrogen (secondary N) is 1. The van der Waals surface area contributed by atoms with Crippen LogP contribution in [0.3, 0.4) is 0 Å². The zero-order valence-electron chi connectivity index (χ0n) is 13.8. The fourth-order valence-electron chi connectivity index (χ4n) is 2.50. The first-order valence-corrected chi connectivity index (χ1v) is 9.73. The third-order valence-electron chi connectivity index (χ3n) is 3.83. The molecule has 24 heavy (non-hydrogen) atoms. The van der Waals surface area contributed by atoms with E-state index in [9.17, 15) is 4.79 Å². The molecule has 0 atom stereocenters. The van der Waals surface area contributed by atoms with Crippen LogP contribution in [-0.2, 0) is 11.2 Å². The lowest BCUT2D eigenvalue weighted by Crippen LogP contribution is -2.21. The highest BCUT2D eigenvalue weighted by Gasteiger charge is 2.10. The van der Waals surface area contributed by atoms with Gasteiger partial charge in [0.25, 0.3) is 0 Å². The maximum absolute atomic E-state index is 10.8. The molecule has 124 valence electrons. The number of amides is 1. The number of hydrogen-bond donors (Lipinski definition) is 1. The molecule has 2 aromatic heterocycles. The Morgan fingerprint density at radius 3 is 2.62 bits per heavy atom. The Balaban J connectivity index is 1.65. The van der Waals surface area contributed by atoms with E-state index in [1.165, 1.54) is 16.0 Å². The molecule has 0 aliphatic rings. The highest BCUT2D eigenvalue weighted by atomic mass is 32.1. The molecule has 3 rings (SSSR count). The monoisotopic (exact) mass is 356 g/mol. The van der Waals surface area contributed by atoms with Crippen molar-refractivity contribution in [1.29, 1.82) is 0 Å². The van der Waals surface area contributed by atoms with Crippen LogP contribution >= 0.6 is 22.7 Å². The van der Waals surface area contributed by atoms with Crippen molar-refractivity contribution in [2.45, 2.75) is 26.7 Å². The topological polar surface area (TPSA) is 42.0 Å². The highest BCUT2D eigenvalue weighted by molar-refractivity contribution is 7.20. The molecular weight excluding hydrogens is 336 g/mol. The Kier molecular flexibility index (Phi) is 5.43. The van der Waals surface area contributed by atoms with Crippen LogP contribution in [0.5, 0.6) is 0 Å². The fraction of sp³-hybridized carbons (Fsp3) is 0.263. The molecule has 0 saturated carbocycles. The summed E-state index contributed by atoms with van der Waals surface area (Å²) in [7, 11) is 0. The smallest absolute Gasteiger partial charge is 0.216 e. The predicted molar refractivity (Wildman–Crippen MR) is 103 cm³/mol. The van der Waals surface area contributed by atoms with Gasteiger partial charge in [-0.25, -0.2) is 4.98 Å². The van der Waals surface area contributed by atoms with Crippen molar-refractivity contribution < 1.29 is 4.79 Å². The van der Waals surface area contributed by atoms with E-state index in [1.807, 2.05) is 0 Å². The molecule has 0 aliphatic heterocycles. The van der Waals surface area contributed by atoms with Gasteiger partial charge in [0.15, 0.2) is 0 Å². The molecule has 1 aromatic carbocycles. The van der Waals surface area contributed by atoms with Gasteiger partial charge in [0.05, 0.1) is 10.6 Å². The van der Waals surface area contributed by atoms with Gasteiger partial charge in [0.2, 0.25) is 5.91 Å². The Morgan fingerprint density at radius 2 is 1.96 bits per heavy atom. The Bertz CT molecular complexity index is 818. The van der Waals surface area contributed by atoms with Crippen molar-refractivity contribution in [2.75, 3.05) is 6.54 Å². The molecule has 2 heterocycles. The van der Waals surface area contributed by atoms with Gasteiger partial charge in [-0.3, -0.25) is 4.79 Å². The molecule has 3 nitrogen and oxygen atoms in total. The van der Waals surface area contributed by atoms with Gasteiger partial charge in [0.1, 0.15) is 5.01 Å². The second kappa shape index (κ2) is 7.73. The summed E-state index contributed by atoms with van der Waals surface area (Å²) in [5, 5.41) is 8.16. The molecule has 0 radical (unpaired) electrons. The molecule has 1 N–H and O–H groups in total. The van der Waals surface area contributed by atoms with Gasteiger partial charge in [-0.15, -0.1) is 22.7 Å². The van der Waals surface area contributed by atoms with Crippen LogP contribution in [0.1, 0.15) is 24.5 Å². The summed E-state index contributed by atoms with van der Waals surface area (Å²) in [6.07, 6.45) is 1.93. The van der Waals surface area contributed by atoms with E-state index in [0.717, 1.165) is 35.7 Å². The van der Waals surface area contributed by atoms with Gasteiger partial charge in [-0.05, 0) is 42.3 Å². The molecule has 0 aliphatic carbocycles. The van der Waals surface area contributed by atoms with Crippen LogP contribution in [-0.4, -0.2) is 17.4 Å². The van der Waals surface area contributed by atoms with Gasteiger partial charge in [-0.2, -0.15) is 0 Å². The van der Waals surface area contributed by atoms with Crippen LogP contribution in [0.2, 0.25) is 0 Å². The fourth-order valence-corrected chi connectivity index (χ4v) is 4.43. The molecule has 0 unspecified atom stereocenters. The van der Waals surface area contributed by atoms with E-state index in [-0.39, 0.29) is 5.91 Å². The molecular formula is C19H20N2OS2. The van der Waals surface area contributed by atoms with Crippen LogP contribution in [0.4, 0.5) is 0 Å². The van der Waals surface area contributed by atoms with Crippen molar-refractivity contribution in [2.24, 2.45) is 0 Å². The van der Waals surface area contributed by atoms with Crippen LogP contribution in [0.25, 0.3) is 21.1 Å². The molecule has 0 spiro atoms.